The molecule has 0 N–H and O–H groups in total. The zero-order valence-corrected chi connectivity index (χ0v) is 13.8. The Morgan fingerprint density at radius 3 is 2.40 bits per heavy atom. The third-order valence-electron chi connectivity index (χ3n) is 3.39. The molecular weight excluding hydrogens is 320 g/mol. The fraction of sp³-hybridized carbons (Fsp3) is 0.583. The number of hydrogen-bond donors (Lipinski definition) is 0. The van der Waals surface area contributed by atoms with E-state index >= 15 is 0 Å². The second-order valence-electron chi connectivity index (χ2n) is 4.97. The molecule has 2 rings (SSSR count). The van der Waals surface area contributed by atoms with Crippen LogP contribution in [0.25, 0.3) is 0 Å². The number of hydrogen-bond acceptors (Lipinski definition) is 4. The Morgan fingerprint density at radius 2 is 1.95 bits per heavy atom. The van der Waals surface area contributed by atoms with Crippen molar-refractivity contribution in [3.8, 4) is 0 Å². The number of piperidine rings is 1. The van der Waals surface area contributed by atoms with Crippen LogP contribution in [0.4, 0.5) is 0 Å². The Kier molecular flexibility index (Phi) is 4.73. The Morgan fingerprint density at radius 1 is 1.35 bits per heavy atom. The summed E-state index contributed by atoms with van der Waals surface area (Å²) in [5, 5.41) is 0. The van der Waals surface area contributed by atoms with Crippen LogP contribution in [0.2, 0.25) is 4.34 Å². The Hall–Kier alpha value is -0.630. The molecule has 0 aliphatic carbocycles. The molecule has 5 nitrogen and oxygen atoms in total. The lowest BCUT2D eigenvalue weighted by atomic mass is 9.97. The summed E-state index contributed by atoms with van der Waals surface area (Å²) in [5.74, 6) is -0.00964. The van der Waals surface area contributed by atoms with Crippen molar-refractivity contribution >= 4 is 38.9 Å². The van der Waals surface area contributed by atoms with Crippen LogP contribution >= 0.6 is 22.9 Å². The highest BCUT2D eigenvalue weighted by atomic mass is 35.5. The average molecular weight is 337 g/mol. The average Bonchev–Trinajstić information content (AvgIpc) is 2.85. The number of sulfonamides is 1. The number of carbonyl (C=O) groups is 1. The monoisotopic (exact) mass is 336 g/mol. The smallest absolute Gasteiger partial charge is 0.252 e. The van der Waals surface area contributed by atoms with Gasteiger partial charge < -0.3 is 4.90 Å². The summed E-state index contributed by atoms with van der Waals surface area (Å²) in [4.78, 5) is 13.4. The summed E-state index contributed by atoms with van der Waals surface area (Å²) in [6.07, 6.45) is 1.13. The first-order chi connectivity index (χ1) is 9.32. The predicted octanol–water partition coefficient (Wildman–Crippen LogP) is 1.89. The first-order valence-electron chi connectivity index (χ1n) is 6.29. The van der Waals surface area contributed by atoms with E-state index in [0.29, 0.717) is 30.3 Å². The lowest BCUT2D eigenvalue weighted by Gasteiger charge is -2.31. The van der Waals surface area contributed by atoms with E-state index in [-0.39, 0.29) is 16.0 Å². The van der Waals surface area contributed by atoms with Gasteiger partial charge in [0.25, 0.3) is 10.0 Å². The maximum atomic E-state index is 12.4. The van der Waals surface area contributed by atoms with Crippen molar-refractivity contribution in [1.29, 1.82) is 0 Å². The molecule has 1 aromatic rings. The molecule has 0 unspecified atom stereocenters. The minimum Gasteiger partial charge on any atom is -0.349 e. The van der Waals surface area contributed by atoms with Crippen molar-refractivity contribution in [2.24, 2.45) is 5.92 Å². The van der Waals surface area contributed by atoms with Gasteiger partial charge in [-0.05, 0) is 25.0 Å². The summed E-state index contributed by atoms with van der Waals surface area (Å²) in [6.45, 7) is 0.754. The Labute approximate surface area is 128 Å². The quantitative estimate of drug-likeness (QED) is 0.847. The lowest BCUT2D eigenvalue weighted by Crippen LogP contribution is -2.42. The standard InChI is InChI=1S/C12H17ClN2O3S2/c1-14(2)12(16)9-5-7-15(8-6-9)20(17,18)11-4-3-10(13)19-11/h3-4,9H,5-8H2,1-2H3. The molecule has 1 fully saturated rings. The molecule has 1 saturated heterocycles. The van der Waals surface area contributed by atoms with Gasteiger partial charge in [0, 0.05) is 33.1 Å². The maximum Gasteiger partial charge on any atom is 0.252 e. The number of carbonyl (C=O) groups excluding carboxylic acids is 1. The van der Waals surface area contributed by atoms with Crippen LogP contribution in [0.1, 0.15) is 12.8 Å². The summed E-state index contributed by atoms with van der Waals surface area (Å²) in [5.41, 5.74) is 0. The molecule has 1 aliphatic rings. The van der Waals surface area contributed by atoms with E-state index in [2.05, 4.69) is 0 Å². The molecule has 20 heavy (non-hydrogen) atoms. The summed E-state index contributed by atoms with van der Waals surface area (Å²) >= 11 is 6.85. The number of thiophene rings is 1. The first-order valence-corrected chi connectivity index (χ1v) is 8.92. The van der Waals surface area contributed by atoms with E-state index in [1.165, 1.54) is 10.4 Å². The molecule has 0 aromatic carbocycles. The van der Waals surface area contributed by atoms with Crippen LogP contribution in [-0.4, -0.2) is 50.7 Å². The van der Waals surface area contributed by atoms with Gasteiger partial charge in [0.15, 0.2) is 0 Å². The number of halogens is 1. The van der Waals surface area contributed by atoms with Gasteiger partial charge in [-0.1, -0.05) is 11.6 Å². The predicted molar refractivity (Wildman–Crippen MR) is 79.5 cm³/mol. The van der Waals surface area contributed by atoms with Gasteiger partial charge in [-0.3, -0.25) is 4.79 Å². The summed E-state index contributed by atoms with van der Waals surface area (Å²) in [6, 6.07) is 3.11. The minimum atomic E-state index is -3.47. The van der Waals surface area contributed by atoms with Gasteiger partial charge in [-0.15, -0.1) is 11.3 Å². The fourth-order valence-electron chi connectivity index (χ4n) is 2.27. The van der Waals surface area contributed by atoms with Crippen LogP contribution in [-0.2, 0) is 14.8 Å². The topological polar surface area (TPSA) is 57.7 Å². The third kappa shape index (κ3) is 3.16. The Bertz CT molecular complexity index is 590. The van der Waals surface area contributed by atoms with Crippen molar-refractivity contribution in [1.82, 2.24) is 9.21 Å². The normalized spacial score (nSPS) is 18.1. The third-order valence-corrected chi connectivity index (χ3v) is 6.98. The van der Waals surface area contributed by atoms with Crippen LogP contribution in [0.15, 0.2) is 16.3 Å². The van der Waals surface area contributed by atoms with Gasteiger partial charge in [0.05, 0.1) is 4.34 Å². The molecule has 1 aromatic heterocycles. The molecule has 2 heterocycles. The molecule has 1 aliphatic heterocycles. The van der Waals surface area contributed by atoms with E-state index in [9.17, 15) is 13.2 Å². The van der Waals surface area contributed by atoms with Crippen molar-refractivity contribution in [3.63, 3.8) is 0 Å². The van der Waals surface area contributed by atoms with Crippen molar-refractivity contribution < 1.29 is 13.2 Å². The molecule has 0 atom stereocenters. The van der Waals surface area contributed by atoms with Gasteiger partial charge in [-0.25, -0.2) is 8.42 Å². The number of rotatable bonds is 3. The summed E-state index contributed by atoms with van der Waals surface area (Å²) in [7, 11) is -0.0254. The van der Waals surface area contributed by atoms with E-state index in [1.807, 2.05) is 0 Å². The second-order valence-corrected chi connectivity index (χ2v) is 8.85. The highest BCUT2D eigenvalue weighted by molar-refractivity contribution is 7.91. The first kappa shape index (κ1) is 15.8. The molecule has 8 heteroatoms. The molecular formula is C12H17ClN2O3S2. The number of nitrogens with zero attached hydrogens (tertiary/aromatic N) is 2. The summed E-state index contributed by atoms with van der Waals surface area (Å²) < 4.78 is 26.9. The van der Waals surface area contributed by atoms with E-state index in [1.54, 1.807) is 25.1 Å². The van der Waals surface area contributed by atoms with Crippen molar-refractivity contribution in [2.75, 3.05) is 27.2 Å². The Balaban J connectivity index is 2.05. The van der Waals surface area contributed by atoms with Gasteiger partial charge in [0.1, 0.15) is 4.21 Å². The molecule has 0 saturated carbocycles. The van der Waals surface area contributed by atoms with E-state index < -0.39 is 10.0 Å². The lowest BCUT2D eigenvalue weighted by molar-refractivity contribution is -0.134. The SMILES string of the molecule is CN(C)C(=O)C1CCN(S(=O)(=O)c2ccc(Cl)s2)CC1. The zero-order valence-electron chi connectivity index (χ0n) is 11.4. The van der Waals surface area contributed by atoms with Crippen LogP contribution < -0.4 is 0 Å². The van der Waals surface area contributed by atoms with E-state index in [0.717, 1.165) is 11.3 Å². The zero-order chi connectivity index (χ0) is 14.9. The van der Waals surface area contributed by atoms with E-state index in [4.69, 9.17) is 11.6 Å². The molecule has 0 spiro atoms. The molecule has 1 amide bonds. The molecule has 112 valence electrons. The van der Waals surface area contributed by atoms with Gasteiger partial charge in [0.2, 0.25) is 5.91 Å². The second kappa shape index (κ2) is 6.01. The van der Waals surface area contributed by atoms with Crippen molar-refractivity contribution in [2.45, 2.75) is 17.1 Å². The fourth-order valence-corrected chi connectivity index (χ4v) is 5.38. The van der Waals surface area contributed by atoms with Crippen LogP contribution in [0.5, 0.6) is 0 Å². The minimum absolute atomic E-state index is 0.0706. The highest BCUT2D eigenvalue weighted by Gasteiger charge is 2.33. The largest absolute Gasteiger partial charge is 0.349 e. The van der Waals surface area contributed by atoms with Crippen LogP contribution in [0.3, 0.4) is 0 Å². The van der Waals surface area contributed by atoms with Gasteiger partial charge in [-0.2, -0.15) is 4.31 Å². The maximum absolute atomic E-state index is 12.4. The van der Waals surface area contributed by atoms with Crippen molar-refractivity contribution in [3.05, 3.63) is 16.5 Å². The molecule has 0 radical (unpaired) electrons. The van der Waals surface area contributed by atoms with Crippen LogP contribution in [0, 0.1) is 5.92 Å². The number of amides is 1. The van der Waals surface area contributed by atoms with Gasteiger partial charge >= 0.3 is 0 Å². The highest BCUT2D eigenvalue weighted by Crippen LogP contribution is 2.30. The molecule has 0 bridgehead atoms.